The molecule has 0 bridgehead atoms. The topological polar surface area (TPSA) is 80.3 Å². The summed E-state index contributed by atoms with van der Waals surface area (Å²) in [5.74, 6) is -0.294. The zero-order valence-electron chi connectivity index (χ0n) is 14.7. The van der Waals surface area contributed by atoms with E-state index in [0.29, 0.717) is 23.9 Å². The summed E-state index contributed by atoms with van der Waals surface area (Å²) < 4.78 is 5.62. The minimum Gasteiger partial charge on any atom is -0.439 e. The van der Waals surface area contributed by atoms with Crippen LogP contribution >= 0.6 is 11.3 Å². The highest BCUT2D eigenvalue weighted by Crippen LogP contribution is 2.22. The molecule has 0 saturated carbocycles. The van der Waals surface area contributed by atoms with E-state index in [2.05, 4.69) is 15.6 Å². The van der Waals surface area contributed by atoms with E-state index in [1.165, 1.54) is 0 Å². The fourth-order valence-electron chi connectivity index (χ4n) is 2.35. The molecular weight excluding hydrogens is 362 g/mol. The number of aromatic nitrogens is 1. The molecule has 0 aliphatic carbocycles. The van der Waals surface area contributed by atoms with E-state index in [-0.39, 0.29) is 5.92 Å². The van der Waals surface area contributed by atoms with Crippen LogP contribution in [-0.4, -0.2) is 23.3 Å². The van der Waals surface area contributed by atoms with Gasteiger partial charge >= 0.3 is 11.8 Å². The minimum atomic E-state index is -0.720. The third kappa shape index (κ3) is 5.39. The van der Waals surface area contributed by atoms with Gasteiger partial charge in [-0.15, -0.1) is 0 Å². The van der Waals surface area contributed by atoms with Crippen LogP contribution in [-0.2, 0) is 9.59 Å². The highest BCUT2D eigenvalue weighted by molar-refractivity contribution is 7.08. The Morgan fingerprint density at radius 1 is 1.15 bits per heavy atom. The highest BCUT2D eigenvalue weighted by Gasteiger charge is 2.15. The standard InChI is InChI=1S/C20H19N3O3S/c1-14(15-8-10-27-13-15)12-22-19(24)20(25)23-16-5-4-6-17(11-16)26-18-7-2-3-9-21-18/h2-11,13-14H,12H2,1H3,(H,22,24)(H,23,25)/t14-/m1/s1. The summed E-state index contributed by atoms with van der Waals surface area (Å²) in [5.41, 5.74) is 1.61. The molecular formula is C20H19N3O3S. The molecule has 2 N–H and O–H groups in total. The quantitative estimate of drug-likeness (QED) is 0.637. The third-order valence-corrected chi connectivity index (χ3v) is 4.54. The number of nitrogens with one attached hydrogen (secondary N) is 2. The Morgan fingerprint density at radius 3 is 2.78 bits per heavy atom. The normalized spacial score (nSPS) is 11.4. The molecule has 2 amide bonds. The Kier molecular flexibility index (Phi) is 6.17. The molecule has 0 saturated heterocycles. The van der Waals surface area contributed by atoms with Gasteiger partial charge in [-0.2, -0.15) is 11.3 Å². The number of anilines is 1. The maximum Gasteiger partial charge on any atom is 0.313 e. The van der Waals surface area contributed by atoms with E-state index in [1.54, 1.807) is 53.9 Å². The zero-order valence-corrected chi connectivity index (χ0v) is 15.5. The minimum absolute atomic E-state index is 0.142. The number of carbonyl (C=O) groups excluding carboxylic acids is 2. The first-order valence-electron chi connectivity index (χ1n) is 8.42. The lowest BCUT2D eigenvalue weighted by Crippen LogP contribution is -2.37. The first-order chi connectivity index (χ1) is 13.1. The number of benzene rings is 1. The summed E-state index contributed by atoms with van der Waals surface area (Å²) in [6, 6.07) is 14.1. The van der Waals surface area contributed by atoms with Gasteiger partial charge in [0, 0.05) is 30.6 Å². The second kappa shape index (κ2) is 8.95. The van der Waals surface area contributed by atoms with Crippen molar-refractivity contribution in [3.05, 3.63) is 71.1 Å². The van der Waals surface area contributed by atoms with Crippen molar-refractivity contribution >= 4 is 28.8 Å². The van der Waals surface area contributed by atoms with Crippen LogP contribution in [0.3, 0.4) is 0 Å². The van der Waals surface area contributed by atoms with Crippen LogP contribution < -0.4 is 15.4 Å². The summed E-state index contributed by atoms with van der Waals surface area (Å²) in [4.78, 5) is 28.2. The fourth-order valence-corrected chi connectivity index (χ4v) is 3.14. The SMILES string of the molecule is C[C@H](CNC(=O)C(=O)Nc1cccc(Oc2ccccn2)c1)c1ccsc1. The van der Waals surface area contributed by atoms with E-state index >= 15 is 0 Å². The van der Waals surface area contributed by atoms with Gasteiger partial charge in [0.25, 0.3) is 0 Å². The van der Waals surface area contributed by atoms with Crippen LogP contribution in [0, 0.1) is 0 Å². The second-order valence-corrected chi connectivity index (χ2v) is 6.70. The van der Waals surface area contributed by atoms with Crippen molar-refractivity contribution in [2.75, 3.05) is 11.9 Å². The van der Waals surface area contributed by atoms with E-state index in [9.17, 15) is 9.59 Å². The van der Waals surface area contributed by atoms with Crippen LogP contribution in [0.5, 0.6) is 11.6 Å². The lowest BCUT2D eigenvalue weighted by Gasteiger charge is -2.12. The first-order valence-corrected chi connectivity index (χ1v) is 9.36. The van der Waals surface area contributed by atoms with Crippen molar-refractivity contribution in [1.29, 1.82) is 0 Å². The highest BCUT2D eigenvalue weighted by atomic mass is 32.1. The van der Waals surface area contributed by atoms with E-state index < -0.39 is 11.8 Å². The van der Waals surface area contributed by atoms with Crippen molar-refractivity contribution in [2.45, 2.75) is 12.8 Å². The Hall–Kier alpha value is -3.19. The molecule has 1 aromatic carbocycles. The predicted molar refractivity (Wildman–Crippen MR) is 105 cm³/mol. The van der Waals surface area contributed by atoms with Crippen LogP contribution in [0.4, 0.5) is 5.69 Å². The molecule has 0 radical (unpaired) electrons. The lowest BCUT2D eigenvalue weighted by molar-refractivity contribution is -0.136. The molecule has 0 fully saturated rings. The number of carbonyl (C=O) groups is 2. The summed E-state index contributed by atoms with van der Waals surface area (Å²) in [5, 5.41) is 9.25. The van der Waals surface area contributed by atoms with Crippen LogP contribution in [0.1, 0.15) is 18.4 Å². The zero-order chi connectivity index (χ0) is 19.1. The molecule has 0 aliphatic heterocycles. The number of nitrogens with zero attached hydrogens (tertiary/aromatic N) is 1. The lowest BCUT2D eigenvalue weighted by atomic mass is 10.1. The maximum atomic E-state index is 12.1. The number of hydrogen-bond acceptors (Lipinski definition) is 5. The second-order valence-electron chi connectivity index (χ2n) is 5.92. The molecule has 2 heterocycles. The molecule has 2 aromatic heterocycles. The summed E-state index contributed by atoms with van der Waals surface area (Å²) in [6.07, 6.45) is 1.63. The molecule has 7 heteroatoms. The number of ether oxygens (including phenoxy) is 1. The van der Waals surface area contributed by atoms with Gasteiger partial charge in [0.05, 0.1) is 0 Å². The van der Waals surface area contributed by atoms with Crippen molar-refractivity contribution in [2.24, 2.45) is 0 Å². The van der Waals surface area contributed by atoms with Crippen molar-refractivity contribution < 1.29 is 14.3 Å². The molecule has 3 aromatic rings. The van der Waals surface area contributed by atoms with Crippen molar-refractivity contribution in [1.82, 2.24) is 10.3 Å². The molecule has 27 heavy (non-hydrogen) atoms. The molecule has 1 atom stereocenters. The first kappa shape index (κ1) is 18.6. The number of rotatable bonds is 6. The molecule has 138 valence electrons. The van der Waals surface area contributed by atoms with Gasteiger partial charge in [0.15, 0.2) is 0 Å². The fraction of sp³-hybridized carbons (Fsp3) is 0.150. The van der Waals surface area contributed by atoms with Gasteiger partial charge in [-0.1, -0.05) is 19.1 Å². The van der Waals surface area contributed by atoms with Gasteiger partial charge in [0.1, 0.15) is 5.75 Å². The predicted octanol–water partition coefficient (Wildman–Crippen LogP) is 3.79. The van der Waals surface area contributed by atoms with Crippen LogP contribution in [0.2, 0.25) is 0 Å². The summed E-state index contributed by atoms with van der Waals surface area (Å²) in [6.45, 7) is 2.39. The van der Waals surface area contributed by atoms with Gasteiger partial charge in [-0.05, 0) is 46.5 Å². The molecule has 0 aliphatic rings. The van der Waals surface area contributed by atoms with E-state index in [4.69, 9.17) is 4.74 Å². The molecule has 6 nitrogen and oxygen atoms in total. The van der Waals surface area contributed by atoms with Gasteiger partial charge in [-0.3, -0.25) is 9.59 Å². The van der Waals surface area contributed by atoms with Crippen LogP contribution in [0.15, 0.2) is 65.5 Å². The smallest absolute Gasteiger partial charge is 0.313 e. The number of thiophene rings is 1. The Balaban J connectivity index is 1.54. The number of hydrogen-bond donors (Lipinski definition) is 2. The van der Waals surface area contributed by atoms with E-state index in [0.717, 1.165) is 5.56 Å². The molecule has 3 rings (SSSR count). The number of amides is 2. The van der Waals surface area contributed by atoms with E-state index in [1.807, 2.05) is 29.8 Å². The Bertz CT molecular complexity index is 898. The average molecular weight is 381 g/mol. The molecule has 0 unspecified atom stereocenters. The average Bonchev–Trinajstić information content (AvgIpc) is 3.22. The Labute approximate surface area is 161 Å². The Morgan fingerprint density at radius 2 is 2.04 bits per heavy atom. The maximum absolute atomic E-state index is 12.1. The largest absolute Gasteiger partial charge is 0.439 e. The monoisotopic (exact) mass is 381 g/mol. The molecule has 0 spiro atoms. The van der Waals surface area contributed by atoms with Crippen molar-refractivity contribution in [3.63, 3.8) is 0 Å². The third-order valence-electron chi connectivity index (χ3n) is 3.84. The number of pyridine rings is 1. The van der Waals surface area contributed by atoms with Crippen molar-refractivity contribution in [3.8, 4) is 11.6 Å². The van der Waals surface area contributed by atoms with Crippen LogP contribution in [0.25, 0.3) is 0 Å². The summed E-state index contributed by atoms with van der Waals surface area (Å²) in [7, 11) is 0. The summed E-state index contributed by atoms with van der Waals surface area (Å²) >= 11 is 1.60. The van der Waals surface area contributed by atoms with Gasteiger partial charge in [-0.25, -0.2) is 4.98 Å². The van der Waals surface area contributed by atoms with Gasteiger partial charge in [0.2, 0.25) is 5.88 Å². The van der Waals surface area contributed by atoms with Gasteiger partial charge < -0.3 is 15.4 Å².